The highest BCUT2D eigenvalue weighted by Gasteiger charge is 2.27. The number of carbonyl (C=O) groups is 1. The van der Waals surface area contributed by atoms with Crippen molar-refractivity contribution in [3.8, 4) is 23.0 Å². The molecule has 172 valence electrons. The van der Waals surface area contributed by atoms with Crippen molar-refractivity contribution in [2.75, 3.05) is 60.4 Å². The fraction of sp³-hybridized carbons (Fsp3) is 0.458. The van der Waals surface area contributed by atoms with Gasteiger partial charge in [-0.1, -0.05) is 6.07 Å². The number of hydrogen-bond donors (Lipinski definition) is 0. The lowest BCUT2D eigenvalue weighted by atomic mass is 10.0. The second-order valence-corrected chi connectivity index (χ2v) is 7.82. The van der Waals surface area contributed by atoms with Crippen LogP contribution in [0.15, 0.2) is 36.4 Å². The highest BCUT2D eigenvalue weighted by molar-refractivity contribution is 5.95. The Balaban J connectivity index is 1.36. The summed E-state index contributed by atoms with van der Waals surface area (Å²) in [5, 5.41) is 0. The van der Waals surface area contributed by atoms with Gasteiger partial charge in [0.2, 0.25) is 6.79 Å². The van der Waals surface area contributed by atoms with Crippen LogP contribution in [0, 0.1) is 0 Å². The summed E-state index contributed by atoms with van der Waals surface area (Å²) in [5.74, 6) is 2.76. The highest BCUT2D eigenvalue weighted by Crippen LogP contribution is 2.34. The van der Waals surface area contributed by atoms with E-state index in [9.17, 15) is 4.79 Å². The van der Waals surface area contributed by atoms with Gasteiger partial charge in [-0.2, -0.15) is 0 Å². The molecule has 0 unspecified atom stereocenters. The number of nitrogens with zero attached hydrogens (tertiary/aromatic N) is 2. The Morgan fingerprint density at radius 3 is 2.50 bits per heavy atom. The molecule has 0 spiro atoms. The molecule has 0 aromatic heterocycles. The van der Waals surface area contributed by atoms with Crippen molar-refractivity contribution >= 4 is 5.91 Å². The molecule has 2 aliphatic heterocycles. The summed E-state index contributed by atoms with van der Waals surface area (Å²) in [6.45, 7) is 6.32. The minimum absolute atomic E-state index is 0.0230. The number of methoxy groups -OCH3 is 2. The zero-order valence-electron chi connectivity index (χ0n) is 18.8. The van der Waals surface area contributed by atoms with Crippen molar-refractivity contribution in [3.05, 3.63) is 47.5 Å². The molecule has 0 bridgehead atoms. The van der Waals surface area contributed by atoms with Crippen molar-refractivity contribution in [3.63, 3.8) is 0 Å². The van der Waals surface area contributed by atoms with E-state index in [0.29, 0.717) is 54.9 Å². The Labute approximate surface area is 188 Å². The van der Waals surface area contributed by atoms with Crippen LogP contribution in [0.3, 0.4) is 0 Å². The van der Waals surface area contributed by atoms with Gasteiger partial charge in [0.15, 0.2) is 23.0 Å². The van der Waals surface area contributed by atoms with Crippen molar-refractivity contribution in [2.24, 2.45) is 0 Å². The van der Waals surface area contributed by atoms with E-state index in [-0.39, 0.29) is 18.7 Å². The summed E-state index contributed by atoms with van der Waals surface area (Å²) in [7, 11) is 3.29. The van der Waals surface area contributed by atoms with Gasteiger partial charge in [0.1, 0.15) is 6.61 Å². The SMILES string of the molecule is COCCOc1ccc([C@H](C)N2CCN(C(=O)c3ccc4c(c3)OCO4)CC2)cc1OC. The van der Waals surface area contributed by atoms with Gasteiger partial charge in [0, 0.05) is 44.9 Å². The quantitative estimate of drug-likeness (QED) is 0.582. The van der Waals surface area contributed by atoms with Gasteiger partial charge in [0.05, 0.1) is 13.7 Å². The van der Waals surface area contributed by atoms with E-state index >= 15 is 0 Å². The Bertz CT molecular complexity index is 942. The predicted octanol–water partition coefficient (Wildman–Crippen LogP) is 2.97. The maximum atomic E-state index is 12.9. The molecule has 0 N–H and O–H groups in total. The molecule has 32 heavy (non-hydrogen) atoms. The van der Waals surface area contributed by atoms with Gasteiger partial charge in [-0.25, -0.2) is 0 Å². The molecule has 0 aliphatic carbocycles. The number of amides is 1. The zero-order valence-corrected chi connectivity index (χ0v) is 18.8. The third-order valence-electron chi connectivity index (χ3n) is 5.98. The van der Waals surface area contributed by atoms with E-state index in [4.69, 9.17) is 23.7 Å². The van der Waals surface area contributed by atoms with Crippen LogP contribution in [0.2, 0.25) is 0 Å². The summed E-state index contributed by atoms with van der Waals surface area (Å²) in [4.78, 5) is 17.2. The van der Waals surface area contributed by atoms with Gasteiger partial charge in [-0.15, -0.1) is 0 Å². The molecule has 1 saturated heterocycles. The Morgan fingerprint density at radius 2 is 1.75 bits per heavy atom. The lowest BCUT2D eigenvalue weighted by Gasteiger charge is -2.38. The van der Waals surface area contributed by atoms with Gasteiger partial charge in [-0.3, -0.25) is 9.69 Å². The molecule has 2 heterocycles. The molecule has 1 amide bonds. The number of ether oxygens (including phenoxy) is 5. The second-order valence-electron chi connectivity index (χ2n) is 7.82. The van der Waals surface area contributed by atoms with Gasteiger partial charge < -0.3 is 28.6 Å². The number of rotatable bonds is 8. The van der Waals surface area contributed by atoms with Crippen LogP contribution in [0.4, 0.5) is 0 Å². The van der Waals surface area contributed by atoms with Crippen LogP contribution in [0.1, 0.15) is 28.9 Å². The van der Waals surface area contributed by atoms with E-state index in [2.05, 4.69) is 17.9 Å². The van der Waals surface area contributed by atoms with E-state index in [1.807, 2.05) is 17.0 Å². The normalized spacial score (nSPS) is 16.7. The van der Waals surface area contributed by atoms with Crippen LogP contribution in [0.25, 0.3) is 0 Å². The summed E-state index contributed by atoms with van der Waals surface area (Å²) in [5.41, 5.74) is 1.78. The number of fused-ring (bicyclic) bond motifs is 1. The molecule has 1 fully saturated rings. The van der Waals surface area contributed by atoms with Crippen LogP contribution >= 0.6 is 0 Å². The largest absolute Gasteiger partial charge is 0.493 e. The Kier molecular flexibility index (Phi) is 7.02. The van der Waals surface area contributed by atoms with E-state index in [1.54, 1.807) is 32.4 Å². The molecule has 4 rings (SSSR count). The van der Waals surface area contributed by atoms with Crippen LogP contribution in [0.5, 0.6) is 23.0 Å². The minimum atomic E-state index is 0.0230. The summed E-state index contributed by atoms with van der Waals surface area (Å²) < 4.78 is 27.0. The number of hydrogen-bond acceptors (Lipinski definition) is 7. The lowest BCUT2D eigenvalue weighted by Crippen LogP contribution is -2.49. The molecule has 2 aromatic carbocycles. The molecular formula is C24H30N2O6. The molecule has 1 atom stereocenters. The highest BCUT2D eigenvalue weighted by atomic mass is 16.7. The Hall–Kier alpha value is -2.97. The molecule has 8 nitrogen and oxygen atoms in total. The molecule has 2 aliphatic rings. The average Bonchev–Trinajstić information content (AvgIpc) is 3.31. The first-order valence-electron chi connectivity index (χ1n) is 10.8. The van der Waals surface area contributed by atoms with E-state index < -0.39 is 0 Å². The van der Waals surface area contributed by atoms with E-state index in [0.717, 1.165) is 18.7 Å². The van der Waals surface area contributed by atoms with Crippen LogP contribution in [-0.4, -0.2) is 76.1 Å². The smallest absolute Gasteiger partial charge is 0.254 e. The third kappa shape index (κ3) is 4.76. The molecular weight excluding hydrogens is 412 g/mol. The van der Waals surface area contributed by atoms with Crippen LogP contribution in [-0.2, 0) is 4.74 Å². The monoisotopic (exact) mass is 442 g/mol. The molecule has 0 radical (unpaired) electrons. The zero-order chi connectivity index (χ0) is 22.5. The molecule has 0 saturated carbocycles. The molecule has 8 heteroatoms. The first-order chi connectivity index (χ1) is 15.6. The van der Waals surface area contributed by atoms with Crippen molar-refractivity contribution in [2.45, 2.75) is 13.0 Å². The number of piperazine rings is 1. The standard InChI is InChI=1S/C24H30N2O6/c1-17(18-4-6-20(22(14-18)29-3)30-13-12-28-2)25-8-10-26(11-9-25)24(27)19-5-7-21-23(15-19)32-16-31-21/h4-7,14-15,17H,8-13,16H2,1-3H3/t17-/m0/s1. The maximum Gasteiger partial charge on any atom is 0.254 e. The fourth-order valence-corrected chi connectivity index (χ4v) is 4.03. The summed E-state index contributed by atoms with van der Waals surface area (Å²) in [6, 6.07) is 11.6. The minimum Gasteiger partial charge on any atom is -0.493 e. The summed E-state index contributed by atoms with van der Waals surface area (Å²) >= 11 is 0. The fourth-order valence-electron chi connectivity index (χ4n) is 4.03. The first-order valence-corrected chi connectivity index (χ1v) is 10.8. The maximum absolute atomic E-state index is 12.9. The van der Waals surface area contributed by atoms with Crippen molar-refractivity contribution in [1.29, 1.82) is 0 Å². The van der Waals surface area contributed by atoms with Gasteiger partial charge >= 0.3 is 0 Å². The van der Waals surface area contributed by atoms with Gasteiger partial charge in [-0.05, 0) is 42.8 Å². The number of benzene rings is 2. The first kappa shape index (κ1) is 22.2. The van der Waals surface area contributed by atoms with Gasteiger partial charge in [0.25, 0.3) is 5.91 Å². The van der Waals surface area contributed by atoms with Crippen molar-refractivity contribution in [1.82, 2.24) is 9.80 Å². The van der Waals surface area contributed by atoms with Crippen LogP contribution < -0.4 is 18.9 Å². The second kappa shape index (κ2) is 10.1. The summed E-state index contributed by atoms with van der Waals surface area (Å²) in [6.07, 6.45) is 0. The Morgan fingerprint density at radius 1 is 0.969 bits per heavy atom. The molecule has 2 aromatic rings. The lowest BCUT2D eigenvalue weighted by molar-refractivity contribution is 0.0581. The average molecular weight is 443 g/mol. The third-order valence-corrected chi connectivity index (χ3v) is 5.98. The predicted molar refractivity (Wildman–Crippen MR) is 119 cm³/mol. The topological polar surface area (TPSA) is 69.7 Å². The van der Waals surface area contributed by atoms with Crippen molar-refractivity contribution < 1.29 is 28.5 Å². The number of carbonyl (C=O) groups excluding carboxylic acids is 1. The van der Waals surface area contributed by atoms with E-state index in [1.165, 1.54) is 0 Å².